The highest BCUT2D eigenvalue weighted by Gasteiger charge is 2.07. The number of nitrogens with one attached hydrogen (secondary N) is 2. The van der Waals surface area contributed by atoms with Crippen LogP contribution in [0.1, 0.15) is 25.3 Å². The first-order valence-corrected chi connectivity index (χ1v) is 9.58. The highest BCUT2D eigenvalue weighted by atomic mass is 32.2. The highest BCUT2D eigenvalue weighted by molar-refractivity contribution is 7.90. The maximum absolute atomic E-state index is 12.0. The van der Waals surface area contributed by atoms with Crippen LogP contribution in [0.2, 0.25) is 0 Å². The molecule has 0 saturated heterocycles. The van der Waals surface area contributed by atoms with E-state index < -0.39 is 9.84 Å². The lowest BCUT2D eigenvalue weighted by Gasteiger charge is -2.10. The predicted octanol–water partition coefficient (Wildman–Crippen LogP) is 3.26. The van der Waals surface area contributed by atoms with Gasteiger partial charge in [0.2, 0.25) is 5.91 Å². The maximum Gasteiger partial charge on any atom is 0.243 e. The van der Waals surface area contributed by atoms with E-state index in [2.05, 4.69) is 24.5 Å². The highest BCUT2D eigenvalue weighted by Crippen LogP contribution is 2.17. The SMILES string of the molecule is CC(C)c1ccc(NCC(=O)Nc2ccc(S(C)(=O)=O)cc2)cc1. The molecule has 24 heavy (non-hydrogen) atoms. The van der Waals surface area contributed by atoms with E-state index in [9.17, 15) is 13.2 Å². The third kappa shape index (κ3) is 5.09. The topological polar surface area (TPSA) is 75.3 Å². The van der Waals surface area contributed by atoms with E-state index in [1.54, 1.807) is 12.1 Å². The summed E-state index contributed by atoms with van der Waals surface area (Å²) in [7, 11) is -3.23. The van der Waals surface area contributed by atoms with Gasteiger partial charge in [0.25, 0.3) is 0 Å². The van der Waals surface area contributed by atoms with E-state index in [0.29, 0.717) is 11.6 Å². The molecule has 5 nitrogen and oxygen atoms in total. The molecule has 2 rings (SSSR count). The fourth-order valence-corrected chi connectivity index (χ4v) is 2.79. The molecule has 6 heteroatoms. The van der Waals surface area contributed by atoms with Crippen LogP contribution < -0.4 is 10.6 Å². The van der Waals surface area contributed by atoms with Gasteiger partial charge in [-0.15, -0.1) is 0 Å². The van der Waals surface area contributed by atoms with Crippen molar-refractivity contribution in [2.75, 3.05) is 23.4 Å². The lowest BCUT2D eigenvalue weighted by molar-refractivity contribution is -0.114. The van der Waals surface area contributed by atoms with Crippen molar-refractivity contribution in [3.63, 3.8) is 0 Å². The minimum absolute atomic E-state index is 0.134. The molecule has 0 saturated carbocycles. The lowest BCUT2D eigenvalue weighted by Crippen LogP contribution is -2.21. The Bertz CT molecular complexity index is 795. The Morgan fingerprint density at radius 2 is 1.50 bits per heavy atom. The molecule has 0 aromatic heterocycles. The first kappa shape index (κ1) is 18.0. The van der Waals surface area contributed by atoms with E-state index >= 15 is 0 Å². The van der Waals surface area contributed by atoms with Gasteiger partial charge in [-0.3, -0.25) is 4.79 Å². The number of sulfone groups is 1. The first-order valence-electron chi connectivity index (χ1n) is 7.69. The molecule has 0 heterocycles. The second-order valence-electron chi connectivity index (χ2n) is 5.97. The van der Waals surface area contributed by atoms with Gasteiger partial charge < -0.3 is 10.6 Å². The van der Waals surface area contributed by atoms with Crippen molar-refractivity contribution >= 4 is 27.1 Å². The van der Waals surface area contributed by atoms with Gasteiger partial charge in [0, 0.05) is 17.6 Å². The molecule has 128 valence electrons. The number of hydrogen-bond acceptors (Lipinski definition) is 4. The van der Waals surface area contributed by atoms with Crippen molar-refractivity contribution < 1.29 is 13.2 Å². The van der Waals surface area contributed by atoms with Crippen molar-refractivity contribution in [2.24, 2.45) is 0 Å². The van der Waals surface area contributed by atoms with Crippen LogP contribution >= 0.6 is 0 Å². The molecule has 2 aromatic carbocycles. The molecule has 0 atom stereocenters. The van der Waals surface area contributed by atoms with Crippen LogP contribution in [0.4, 0.5) is 11.4 Å². The molecule has 0 unspecified atom stereocenters. The molecular formula is C18H22N2O3S. The van der Waals surface area contributed by atoms with Gasteiger partial charge in [0.15, 0.2) is 9.84 Å². The van der Waals surface area contributed by atoms with Crippen LogP contribution in [-0.4, -0.2) is 27.1 Å². The molecule has 0 aliphatic carbocycles. The fraction of sp³-hybridized carbons (Fsp3) is 0.278. The molecule has 0 aliphatic heterocycles. The van der Waals surface area contributed by atoms with Gasteiger partial charge in [-0.25, -0.2) is 8.42 Å². The quantitative estimate of drug-likeness (QED) is 0.842. The summed E-state index contributed by atoms with van der Waals surface area (Å²) in [5.74, 6) is 0.271. The van der Waals surface area contributed by atoms with E-state index in [1.165, 1.54) is 17.7 Å². The van der Waals surface area contributed by atoms with Gasteiger partial charge in [0.05, 0.1) is 11.4 Å². The lowest BCUT2D eigenvalue weighted by atomic mass is 10.0. The summed E-state index contributed by atoms with van der Waals surface area (Å²) < 4.78 is 22.8. The summed E-state index contributed by atoms with van der Waals surface area (Å²) in [6, 6.07) is 14.1. The second-order valence-corrected chi connectivity index (χ2v) is 7.99. The molecule has 0 bridgehead atoms. The number of carbonyl (C=O) groups excluding carboxylic acids is 1. The third-order valence-electron chi connectivity index (χ3n) is 3.60. The van der Waals surface area contributed by atoms with Crippen LogP contribution in [0.5, 0.6) is 0 Å². The average Bonchev–Trinajstić information content (AvgIpc) is 2.53. The van der Waals surface area contributed by atoms with Crippen molar-refractivity contribution in [3.05, 3.63) is 54.1 Å². The van der Waals surface area contributed by atoms with E-state index in [1.807, 2.05) is 24.3 Å². The number of amides is 1. The Labute approximate surface area is 143 Å². The Kier molecular flexibility index (Phi) is 5.62. The molecule has 2 aromatic rings. The Morgan fingerprint density at radius 1 is 0.958 bits per heavy atom. The summed E-state index contributed by atoms with van der Waals surface area (Å²) in [5, 5.41) is 5.78. The molecule has 0 radical (unpaired) electrons. The fourth-order valence-electron chi connectivity index (χ4n) is 2.16. The average molecular weight is 346 g/mol. The van der Waals surface area contributed by atoms with Crippen LogP contribution in [0.15, 0.2) is 53.4 Å². The smallest absolute Gasteiger partial charge is 0.243 e. The van der Waals surface area contributed by atoms with Crippen molar-refractivity contribution in [1.82, 2.24) is 0 Å². The van der Waals surface area contributed by atoms with Gasteiger partial charge in [-0.2, -0.15) is 0 Å². The Hall–Kier alpha value is -2.34. The first-order chi connectivity index (χ1) is 11.3. The van der Waals surface area contributed by atoms with Crippen LogP contribution in [0, 0.1) is 0 Å². The predicted molar refractivity (Wildman–Crippen MR) is 97.2 cm³/mol. The Morgan fingerprint density at radius 3 is 2.00 bits per heavy atom. The molecule has 0 fully saturated rings. The van der Waals surface area contributed by atoms with E-state index in [-0.39, 0.29) is 17.3 Å². The van der Waals surface area contributed by atoms with Crippen LogP contribution in [-0.2, 0) is 14.6 Å². The monoisotopic (exact) mass is 346 g/mol. The number of carbonyl (C=O) groups is 1. The zero-order valence-electron chi connectivity index (χ0n) is 14.0. The molecular weight excluding hydrogens is 324 g/mol. The summed E-state index contributed by atoms with van der Waals surface area (Å²) in [5.41, 5.74) is 2.68. The largest absolute Gasteiger partial charge is 0.376 e. The van der Waals surface area contributed by atoms with Crippen molar-refractivity contribution in [2.45, 2.75) is 24.7 Å². The zero-order valence-corrected chi connectivity index (χ0v) is 14.9. The molecule has 0 spiro atoms. The second kappa shape index (κ2) is 7.49. The molecule has 1 amide bonds. The summed E-state index contributed by atoms with van der Waals surface area (Å²) in [4.78, 5) is 12.2. The number of rotatable bonds is 6. The van der Waals surface area contributed by atoms with Crippen LogP contribution in [0.3, 0.4) is 0 Å². The molecule has 2 N–H and O–H groups in total. The van der Waals surface area contributed by atoms with Gasteiger partial charge in [-0.05, 0) is 47.9 Å². The number of anilines is 2. The number of benzene rings is 2. The van der Waals surface area contributed by atoms with Crippen molar-refractivity contribution in [3.8, 4) is 0 Å². The van der Waals surface area contributed by atoms with Crippen LogP contribution in [0.25, 0.3) is 0 Å². The van der Waals surface area contributed by atoms with Gasteiger partial charge in [0.1, 0.15) is 0 Å². The summed E-state index contributed by atoms with van der Waals surface area (Å²) >= 11 is 0. The van der Waals surface area contributed by atoms with E-state index in [4.69, 9.17) is 0 Å². The molecule has 0 aliphatic rings. The third-order valence-corrected chi connectivity index (χ3v) is 4.73. The normalized spacial score (nSPS) is 11.3. The summed E-state index contributed by atoms with van der Waals surface area (Å²) in [6.45, 7) is 4.39. The maximum atomic E-state index is 12.0. The minimum atomic E-state index is -3.23. The standard InChI is InChI=1S/C18H22N2O3S/c1-13(2)14-4-6-15(7-5-14)19-12-18(21)20-16-8-10-17(11-9-16)24(3,22)23/h4-11,13,19H,12H2,1-3H3,(H,20,21). The van der Waals surface area contributed by atoms with E-state index in [0.717, 1.165) is 11.9 Å². The zero-order chi connectivity index (χ0) is 17.7. The van der Waals surface area contributed by atoms with Crippen molar-refractivity contribution in [1.29, 1.82) is 0 Å². The minimum Gasteiger partial charge on any atom is -0.376 e. The van der Waals surface area contributed by atoms with Gasteiger partial charge in [-0.1, -0.05) is 26.0 Å². The number of hydrogen-bond donors (Lipinski definition) is 2. The van der Waals surface area contributed by atoms with Gasteiger partial charge >= 0.3 is 0 Å². The summed E-state index contributed by atoms with van der Waals surface area (Å²) in [6.07, 6.45) is 1.15. The Balaban J connectivity index is 1.89.